The number of ether oxygens (including phenoxy) is 2. The van der Waals surface area contributed by atoms with Crippen LogP contribution in [-0.2, 0) is 23.9 Å². The van der Waals surface area contributed by atoms with Crippen LogP contribution < -0.4 is 10.6 Å². The van der Waals surface area contributed by atoms with Crippen molar-refractivity contribution < 1.29 is 23.9 Å². The van der Waals surface area contributed by atoms with Crippen molar-refractivity contribution in [3.8, 4) is 0 Å². The van der Waals surface area contributed by atoms with Crippen molar-refractivity contribution in [2.75, 3.05) is 53.6 Å². The number of unbranched alkanes of at least 4 members (excludes halogenated alkanes) is 22. The number of rotatable bonds is 49. The lowest BCUT2D eigenvalue weighted by atomic mass is 9.92. The Labute approximate surface area is 421 Å². The molecule has 0 atom stereocenters. The molecule has 0 saturated carbocycles. The maximum atomic E-state index is 11.9. The smallest absolute Gasteiger partial charge is 0.293 e. The fraction of sp³-hybridized carbons (Fsp3) is 0.897. The van der Waals surface area contributed by atoms with Gasteiger partial charge in [0.15, 0.2) is 0 Å². The van der Waals surface area contributed by atoms with Crippen molar-refractivity contribution >= 4 is 33.3 Å². The largest absolute Gasteiger partial charge is 0.468 e. The van der Waals surface area contributed by atoms with Gasteiger partial charge < -0.3 is 29.8 Å². The lowest BCUT2D eigenvalue weighted by Crippen LogP contribution is -2.30. The van der Waals surface area contributed by atoms with Crippen LogP contribution in [0, 0.1) is 11.8 Å². The summed E-state index contributed by atoms with van der Waals surface area (Å²) in [6.45, 7) is 24.2. The molecular formula is C58H118N3O5P. The molecule has 0 amide bonds. The van der Waals surface area contributed by atoms with Crippen molar-refractivity contribution in [3.05, 3.63) is 11.4 Å². The second-order valence-electron chi connectivity index (χ2n) is 19.0. The van der Waals surface area contributed by atoms with E-state index >= 15 is 0 Å². The molecule has 0 heterocycles. The summed E-state index contributed by atoms with van der Waals surface area (Å²) in [4.78, 5) is 32.7. The fourth-order valence-corrected chi connectivity index (χ4v) is 9.08. The van der Waals surface area contributed by atoms with E-state index in [1.807, 2.05) is 20.8 Å². The summed E-state index contributed by atoms with van der Waals surface area (Å²) in [7, 11) is 4.15. The number of nitrogens with zero attached hydrogens (tertiary/aromatic N) is 1. The Balaban J connectivity index is -0.000000462. The van der Waals surface area contributed by atoms with Gasteiger partial charge in [0.2, 0.25) is 5.52 Å². The molecule has 0 radical (unpaired) electrons. The molecule has 0 unspecified atom stereocenters. The SMILES string of the molecule is C=O.C=PC(=O)/C(NC)=C(\C)NCCCN(CCCCCCCC)CCCCCCCC.CCCCCCC(CCCCCC)CCOC.CCCCCCC(CCCCCC)CCOC=O. The van der Waals surface area contributed by atoms with Crippen LogP contribution in [0.15, 0.2) is 11.4 Å². The van der Waals surface area contributed by atoms with Gasteiger partial charge in [0.05, 0.1) is 6.61 Å². The third-order valence-corrected chi connectivity index (χ3v) is 13.5. The van der Waals surface area contributed by atoms with E-state index in [-0.39, 0.29) is 5.52 Å². The average Bonchev–Trinajstić information content (AvgIpc) is 3.35. The standard InChI is InChI=1S/C25H50N3OP.C16H32O2.C16H34O.CH2O/c1-6-8-10-12-14-16-20-28(21-17-15-13-11-9-7-2)22-18-19-27-23(3)24(26-4)25(29)30-5;1-3-5-7-9-11-16(13-14-18-15-17)12-10-8-6-4-2;1-4-6-8-10-12-16(14-15-17-3)13-11-9-7-5-2;1-2/h26-27H,5-22H2,1-4H3;15-16H,3-14H2,1-2H3;16H,4-15H2,1-3H3;1H2/b24-23-;;;. The van der Waals surface area contributed by atoms with Gasteiger partial charge in [0.1, 0.15) is 12.5 Å². The van der Waals surface area contributed by atoms with E-state index in [4.69, 9.17) is 14.3 Å². The normalized spacial score (nSPS) is 11.3. The summed E-state index contributed by atoms with van der Waals surface area (Å²) in [5, 5.41) is 6.43. The highest BCUT2D eigenvalue weighted by atomic mass is 31.1. The molecule has 0 aromatic heterocycles. The van der Waals surface area contributed by atoms with Gasteiger partial charge in [0.25, 0.3) is 6.47 Å². The van der Waals surface area contributed by atoms with Crippen LogP contribution in [0.5, 0.6) is 0 Å². The minimum absolute atomic E-state index is 0.0373. The predicted molar refractivity (Wildman–Crippen MR) is 299 cm³/mol. The first kappa shape index (κ1) is 71.8. The first-order valence-corrected chi connectivity index (χ1v) is 29.6. The molecule has 0 spiro atoms. The molecule has 400 valence electrons. The molecule has 0 fully saturated rings. The van der Waals surface area contributed by atoms with E-state index in [9.17, 15) is 9.59 Å². The molecule has 0 saturated heterocycles. The van der Waals surface area contributed by atoms with Crippen LogP contribution in [0.1, 0.15) is 273 Å². The lowest BCUT2D eigenvalue weighted by molar-refractivity contribution is -0.129. The Kier molecular flexibility index (Phi) is 68.8. The van der Waals surface area contributed by atoms with Gasteiger partial charge >= 0.3 is 0 Å². The second-order valence-corrected chi connectivity index (χ2v) is 19.8. The van der Waals surface area contributed by atoms with E-state index in [1.54, 1.807) is 7.05 Å². The minimum atomic E-state index is 0.0373. The van der Waals surface area contributed by atoms with Crippen molar-refractivity contribution in [1.82, 2.24) is 15.5 Å². The zero-order valence-corrected chi connectivity index (χ0v) is 47.5. The van der Waals surface area contributed by atoms with Gasteiger partial charge in [-0.1, -0.05) is 240 Å². The summed E-state index contributed by atoms with van der Waals surface area (Å²) < 4.78 is 10.1. The summed E-state index contributed by atoms with van der Waals surface area (Å²) in [5.41, 5.74) is 1.62. The lowest BCUT2D eigenvalue weighted by Gasteiger charge is -2.23. The first-order chi connectivity index (χ1) is 32.8. The highest BCUT2D eigenvalue weighted by molar-refractivity contribution is 7.57. The number of carbonyl (C=O) groups excluding carboxylic acids is 3. The van der Waals surface area contributed by atoms with Crippen LogP contribution in [0.2, 0.25) is 0 Å². The van der Waals surface area contributed by atoms with Crippen LogP contribution in [0.3, 0.4) is 0 Å². The van der Waals surface area contributed by atoms with Crippen LogP contribution in [0.25, 0.3) is 0 Å². The molecule has 9 heteroatoms. The molecular weight excluding hydrogens is 850 g/mol. The Morgan fingerprint density at radius 1 is 0.537 bits per heavy atom. The first-order valence-electron chi connectivity index (χ1n) is 28.5. The molecule has 0 aromatic carbocycles. The average molecular weight is 969 g/mol. The minimum Gasteiger partial charge on any atom is -0.468 e. The molecule has 0 aromatic rings. The highest BCUT2D eigenvalue weighted by Crippen LogP contribution is 2.23. The molecule has 8 nitrogen and oxygen atoms in total. The second kappa shape index (κ2) is 64.2. The number of carbonyl (C=O) groups is 3. The number of allylic oxidation sites excluding steroid dienone is 2. The van der Waals surface area contributed by atoms with Crippen LogP contribution in [-0.4, -0.2) is 83.5 Å². The summed E-state index contributed by atoms with van der Waals surface area (Å²) >= 11 is 0. The summed E-state index contributed by atoms with van der Waals surface area (Å²) in [6.07, 6.45) is 50.8. The van der Waals surface area contributed by atoms with Crippen molar-refractivity contribution in [3.63, 3.8) is 0 Å². The number of nitrogens with one attached hydrogen (secondary N) is 2. The van der Waals surface area contributed by atoms with Gasteiger partial charge in [-0.3, -0.25) is 9.59 Å². The fourth-order valence-electron chi connectivity index (χ4n) is 8.64. The van der Waals surface area contributed by atoms with Crippen molar-refractivity contribution in [2.24, 2.45) is 11.8 Å². The van der Waals surface area contributed by atoms with Crippen LogP contribution in [0.4, 0.5) is 0 Å². The number of hydrogen-bond donors (Lipinski definition) is 2. The molecule has 0 aliphatic heterocycles. The number of likely N-dealkylation sites (N-methyl/N-ethyl adjacent to an activating group) is 1. The monoisotopic (exact) mass is 968 g/mol. The molecule has 0 aliphatic rings. The van der Waals surface area contributed by atoms with E-state index in [2.05, 4.69) is 63.4 Å². The Bertz CT molecular complexity index is 975. The Hall–Kier alpha value is -1.76. The summed E-state index contributed by atoms with van der Waals surface area (Å²) in [6, 6.07) is 0. The van der Waals surface area contributed by atoms with Crippen molar-refractivity contribution in [1.29, 1.82) is 0 Å². The maximum absolute atomic E-state index is 11.9. The molecule has 0 aliphatic carbocycles. The van der Waals surface area contributed by atoms with E-state index < -0.39 is 0 Å². The van der Waals surface area contributed by atoms with Crippen molar-refractivity contribution in [2.45, 2.75) is 273 Å². The van der Waals surface area contributed by atoms with E-state index in [0.717, 1.165) is 50.1 Å². The molecule has 0 rings (SSSR count). The van der Waals surface area contributed by atoms with Crippen LogP contribution >= 0.6 is 8.20 Å². The molecule has 67 heavy (non-hydrogen) atoms. The number of methoxy groups -OCH3 is 1. The van der Waals surface area contributed by atoms with Gasteiger partial charge in [-0.05, 0) is 78.7 Å². The quantitative estimate of drug-likeness (QED) is 0.0269. The highest BCUT2D eigenvalue weighted by Gasteiger charge is 2.11. The third-order valence-electron chi connectivity index (χ3n) is 13.0. The van der Waals surface area contributed by atoms with E-state index in [1.165, 1.54) is 225 Å². The van der Waals surface area contributed by atoms with Gasteiger partial charge in [-0.2, -0.15) is 0 Å². The van der Waals surface area contributed by atoms with Gasteiger partial charge in [-0.25, -0.2) is 0 Å². The predicted octanol–water partition coefficient (Wildman–Crippen LogP) is 16.8. The van der Waals surface area contributed by atoms with Gasteiger partial charge in [0, 0.05) is 33.0 Å². The number of hydrogen-bond acceptors (Lipinski definition) is 8. The van der Waals surface area contributed by atoms with Gasteiger partial charge in [-0.15, -0.1) is 0 Å². The van der Waals surface area contributed by atoms with E-state index in [0.29, 0.717) is 27.0 Å². The molecule has 0 bridgehead atoms. The maximum Gasteiger partial charge on any atom is 0.293 e. The molecule has 2 N–H and O–H groups in total. The topological polar surface area (TPSA) is 97.0 Å². The zero-order valence-electron chi connectivity index (χ0n) is 46.6. The zero-order chi connectivity index (χ0) is 50.7. The Morgan fingerprint density at radius 3 is 1.22 bits per heavy atom. The Morgan fingerprint density at radius 2 is 0.881 bits per heavy atom. The third kappa shape index (κ3) is 56.7. The summed E-state index contributed by atoms with van der Waals surface area (Å²) in [5.74, 6) is 1.68.